The number of aliphatic hydroxyl groups excluding tert-OH is 1. The van der Waals surface area contributed by atoms with E-state index >= 15 is 0 Å². The van der Waals surface area contributed by atoms with Crippen molar-refractivity contribution in [2.75, 3.05) is 6.54 Å². The smallest absolute Gasteiger partial charge is 0.261 e. The number of aliphatic hydroxyl groups is 1. The minimum atomic E-state index is -0.809. The number of nitrogens with one attached hydrogen (secondary N) is 2. The van der Waals surface area contributed by atoms with Gasteiger partial charge in [0.15, 0.2) is 0 Å². The number of carbonyl (C=O) groups is 1. The predicted octanol–water partition coefficient (Wildman–Crippen LogP) is 2.67. The van der Waals surface area contributed by atoms with Crippen LogP contribution in [0, 0.1) is 13.8 Å². The Hall–Kier alpha value is -2.44. The standard InChI is InChI=1S/C18H18N2O3S/c1-10-7-11(2)20-18(23)16(10)17(22)19-9-13(21)15-8-12-5-3-4-6-14(12)24-15/h3-8,13,21H,9H2,1-2H3,(H,19,22)(H,20,23)/t13-/m1/s1. The van der Waals surface area contributed by atoms with Gasteiger partial charge in [-0.3, -0.25) is 9.59 Å². The van der Waals surface area contributed by atoms with Gasteiger partial charge >= 0.3 is 0 Å². The maximum atomic E-state index is 12.3. The number of hydrogen-bond acceptors (Lipinski definition) is 4. The van der Waals surface area contributed by atoms with Crippen LogP contribution in [0.25, 0.3) is 10.1 Å². The number of carbonyl (C=O) groups excluding carboxylic acids is 1. The van der Waals surface area contributed by atoms with Crippen molar-refractivity contribution in [2.24, 2.45) is 0 Å². The zero-order valence-corrected chi connectivity index (χ0v) is 14.2. The fourth-order valence-corrected chi connectivity index (χ4v) is 3.73. The Morgan fingerprint density at radius 1 is 1.29 bits per heavy atom. The quantitative estimate of drug-likeness (QED) is 0.682. The molecule has 1 amide bonds. The van der Waals surface area contributed by atoms with Crippen LogP contribution in [-0.4, -0.2) is 22.5 Å². The lowest BCUT2D eigenvalue weighted by atomic mass is 10.1. The summed E-state index contributed by atoms with van der Waals surface area (Å²) in [6.45, 7) is 3.54. The lowest BCUT2D eigenvalue weighted by Gasteiger charge is -2.11. The Morgan fingerprint density at radius 3 is 2.75 bits per heavy atom. The molecule has 3 N–H and O–H groups in total. The number of aromatic amines is 1. The van der Waals surface area contributed by atoms with Crippen molar-refractivity contribution in [1.29, 1.82) is 0 Å². The van der Waals surface area contributed by atoms with Crippen LogP contribution in [0.4, 0.5) is 0 Å². The molecule has 0 unspecified atom stereocenters. The van der Waals surface area contributed by atoms with Gasteiger partial charge in [0.05, 0.1) is 0 Å². The molecule has 0 aliphatic heterocycles. The molecule has 1 aromatic carbocycles. The van der Waals surface area contributed by atoms with Crippen LogP contribution in [0.2, 0.25) is 0 Å². The summed E-state index contributed by atoms with van der Waals surface area (Å²) < 4.78 is 1.09. The Labute approximate surface area is 143 Å². The molecule has 2 aromatic heterocycles. The van der Waals surface area contributed by atoms with Gasteiger partial charge in [0, 0.05) is 21.8 Å². The van der Waals surface area contributed by atoms with Crippen molar-refractivity contribution in [1.82, 2.24) is 10.3 Å². The number of benzene rings is 1. The molecular weight excluding hydrogens is 324 g/mol. The zero-order valence-electron chi connectivity index (χ0n) is 13.4. The normalized spacial score (nSPS) is 12.3. The summed E-state index contributed by atoms with van der Waals surface area (Å²) in [5.41, 5.74) is 0.995. The minimum Gasteiger partial charge on any atom is -0.386 e. The molecule has 6 heteroatoms. The van der Waals surface area contributed by atoms with Crippen molar-refractivity contribution in [2.45, 2.75) is 20.0 Å². The number of amides is 1. The summed E-state index contributed by atoms with van der Waals surface area (Å²) >= 11 is 1.49. The lowest BCUT2D eigenvalue weighted by Crippen LogP contribution is -2.33. The third-order valence-corrected chi connectivity index (χ3v) is 5.04. The summed E-state index contributed by atoms with van der Waals surface area (Å²) in [6.07, 6.45) is -0.809. The van der Waals surface area contributed by atoms with Gasteiger partial charge in [-0.05, 0) is 43.0 Å². The second-order valence-electron chi connectivity index (χ2n) is 5.75. The van der Waals surface area contributed by atoms with Crippen molar-refractivity contribution in [3.8, 4) is 0 Å². The molecule has 0 fully saturated rings. The molecule has 3 aromatic rings. The van der Waals surface area contributed by atoms with Crippen LogP contribution in [0.1, 0.15) is 32.6 Å². The molecular formula is C18H18N2O3S. The second-order valence-corrected chi connectivity index (χ2v) is 6.87. The lowest BCUT2D eigenvalue weighted by molar-refractivity contribution is 0.0916. The predicted molar refractivity (Wildman–Crippen MR) is 95.7 cm³/mol. The molecule has 1 atom stereocenters. The van der Waals surface area contributed by atoms with Gasteiger partial charge < -0.3 is 15.4 Å². The minimum absolute atomic E-state index is 0.0540. The summed E-state index contributed by atoms with van der Waals surface area (Å²) in [5, 5.41) is 14.0. The first-order valence-electron chi connectivity index (χ1n) is 7.61. The van der Waals surface area contributed by atoms with Crippen molar-refractivity contribution in [3.05, 3.63) is 68.4 Å². The fourth-order valence-electron chi connectivity index (χ4n) is 2.68. The van der Waals surface area contributed by atoms with E-state index in [-0.39, 0.29) is 12.1 Å². The van der Waals surface area contributed by atoms with Gasteiger partial charge in [0.2, 0.25) is 0 Å². The summed E-state index contributed by atoms with van der Waals surface area (Å²) in [7, 11) is 0. The third kappa shape index (κ3) is 3.25. The number of hydrogen-bond donors (Lipinski definition) is 3. The van der Waals surface area contributed by atoms with Gasteiger partial charge in [-0.25, -0.2) is 0 Å². The Balaban J connectivity index is 1.73. The highest BCUT2D eigenvalue weighted by atomic mass is 32.1. The van der Waals surface area contributed by atoms with Crippen molar-refractivity contribution in [3.63, 3.8) is 0 Å². The van der Waals surface area contributed by atoms with E-state index in [1.54, 1.807) is 19.9 Å². The summed E-state index contributed by atoms with van der Waals surface area (Å²) in [6, 6.07) is 11.5. The number of aryl methyl sites for hydroxylation is 2. The number of H-pyrrole nitrogens is 1. The molecule has 124 valence electrons. The first kappa shape index (κ1) is 16.4. The Kier molecular flexibility index (Phi) is 4.51. The van der Waals surface area contributed by atoms with Crippen LogP contribution >= 0.6 is 11.3 Å². The van der Waals surface area contributed by atoms with Crippen LogP contribution in [0.5, 0.6) is 0 Å². The highest BCUT2D eigenvalue weighted by Gasteiger charge is 2.17. The number of rotatable bonds is 4. The van der Waals surface area contributed by atoms with Gasteiger partial charge in [0.25, 0.3) is 11.5 Å². The highest BCUT2D eigenvalue weighted by Crippen LogP contribution is 2.29. The van der Waals surface area contributed by atoms with Crippen molar-refractivity contribution >= 4 is 27.3 Å². The molecule has 0 saturated carbocycles. The van der Waals surface area contributed by atoms with E-state index in [4.69, 9.17) is 0 Å². The zero-order chi connectivity index (χ0) is 17.3. The largest absolute Gasteiger partial charge is 0.386 e. The summed E-state index contributed by atoms with van der Waals surface area (Å²) in [4.78, 5) is 27.6. The number of aromatic nitrogens is 1. The van der Waals surface area contributed by atoms with Gasteiger partial charge in [0.1, 0.15) is 11.7 Å². The molecule has 0 spiro atoms. The highest BCUT2D eigenvalue weighted by molar-refractivity contribution is 7.19. The summed E-state index contributed by atoms with van der Waals surface area (Å²) in [5.74, 6) is -0.478. The average molecular weight is 342 g/mol. The van der Waals surface area contributed by atoms with E-state index in [1.807, 2.05) is 30.3 Å². The maximum absolute atomic E-state index is 12.3. The fraction of sp³-hybridized carbons (Fsp3) is 0.222. The van der Waals surface area contributed by atoms with Gasteiger partial charge in [-0.15, -0.1) is 11.3 Å². The second kappa shape index (κ2) is 6.59. The van der Waals surface area contributed by atoms with E-state index in [2.05, 4.69) is 10.3 Å². The first-order chi connectivity index (χ1) is 11.5. The van der Waals surface area contributed by atoms with E-state index in [9.17, 15) is 14.7 Å². The molecule has 5 nitrogen and oxygen atoms in total. The number of fused-ring (bicyclic) bond motifs is 1. The molecule has 24 heavy (non-hydrogen) atoms. The SMILES string of the molecule is Cc1cc(C)c(C(=O)NC[C@@H](O)c2cc3ccccc3s2)c(=O)[nH]1. The molecule has 0 aliphatic rings. The topological polar surface area (TPSA) is 82.2 Å². The van der Waals surface area contributed by atoms with E-state index in [0.29, 0.717) is 11.3 Å². The van der Waals surface area contributed by atoms with Gasteiger partial charge in [-0.1, -0.05) is 18.2 Å². The average Bonchev–Trinajstić information content (AvgIpc) is 2.95. The van der Waals surface area contributed by atoms with Gasteiger partial charge in [-0.2, -0.15) is 0 Å². The molecule has 0 bridgehead atoms. The third-order valence-electron chi connectivity index (χ3n) is 3.82. The van der Waals surface area contributed by atoms with Crippen LogP contribution in [0.3, 0.4) is 0 Å². The van der Waals surface area contributed by atoms with Crippen LogP contribution in [0.15, 0.2) is 41.2 Å². The Bertz CT molecular complexity index is 925. The number of pyridine rings is 1. The Morgan fingerprint density at radius 2 is 2.04 bits per heavy atom. The van der Waals surface area contributed by atoms with Crippen LogP contribution in [-0.2, 0) is 0 Å². The van der Waals surface area contributed by atoms with Crippen molar-refractivity contribution < 1.29 is 9.90 Å². The molecule has 0 saturated heterocycles. The molecule has 0 aliphatic carbocycles. The number of thiophene rings is 1. The molecule has 0 radical (unpaired) electrons. The monoisotopic (exact) mass is 342 g/mol. The van der Waals surface area contributed by atoms with E-state index in [1.165, 1.54) is 11.3 Å². The van der Waals surface area contributed by atoms with Crippen LogP contribution < -0.4 is 10.9 Å². The molecule has 3 rings (SSSR count). The van der Waals surface area contributed by atoms with E-state index < -0.39 is 17.6 Å². The maximum Gasteiger partial charge on any atom is 0.261 e. The first-order valence-corrected chi connectivity index (χ1v) is 8.42. The van der Waals surface area contributed by atoms with E-state index in [0.717, 1.165) is 15.0 Å². The molecule has 2 heterocycles.